The molecule has 1 fully saturated rings. The number of pyridine rings is 1. The topological polar surface area (TPSA) is 85.8 Å². The predicted octanol–water partition coefficient (Wildman–Crippen LogP) is -0.0316. The molecule has 0 aromatic carbocycles. The maximum absolute atomic E-state index is 11.7. The predicted molar refractivity (Wildman–Crippen MR) is 84.9 cm³/mol. The first-order valence-corrected chi connectivity index (χ1v) is 8.40. The Morgan fingerprint density at radius 1 is 1.23 bits per heavy atom. The highest BCUT2D eigenvalue weighted by atomic mass is 32.2. The van der Waals surface area contributed by atoms with Crippen molar-refractivity contribution in [2.75, 3.05) is 49.9 Å². The molecule has 0 saturated carbocycles. The van der Waals surface area contributed by atoms with Gasteiger partial charge in [0.2, 0.25) is 5.91 Å². The molecule has 0 spiro atoms. The van der Waals surface area contributed by atoms with Gasteiger partial charge < -0.3 is 9.80 Å². The summed E-state index contributed by atoms with van der Waals surface area (Å²) in [5, 5.41) is 0. The molecule has 0 unspecified atom stereocenters. The second kappa shape index (κ2) is 6.49. The van der Waals surface area contributed by atoms with Crippen molar-refractivity contribution in [1.82, 2.24) is 14.2 Å². The Hall–Kier alpha value is -1.87. The van der Waals surface area contributed by atoms with E-state index in [0.29, 0.717) is 13.1 Å². The second-order valence-corrected chi connectivity index (χ2v) is 7.17. The average Bonchev–Trinajstić information content (AvgIpc) is 2.47. The third-order valence-corrected chi connectivity index (χ3v) is 4.98. The molecule has 22 heavy (non-hydrogen) atoms. The Kier molecular flexibility index (Phi) is 4.87. The molecule has 0 bridgehead atoms. The lowest BCUT2D eigenvalue weighted by molar-refractivity contribution is -0.129. The number of hydrogen-bond acceptors (Lipinski definition) is 5. The van der Waals surface area contributed by atoms with Crippen LogP contribution in [0.3, 0.4) is 0 Å². The molecule has 1 N–H and O–H groups in total. The maximum atomic E-state index is 11.7. The fourth-order valence-corrected chi connectivity index (χ4v) is 2.70. The van der Waals surface area contributed by atoms with Crippen LogP contribution in [0.2, 0.25) is 0 Å². The number of piperazine rings is 1. The third-order valence-electron chi connectivity index (χ3n) is 3.55. The first kappa shape index (κ1) is 16.5. The minimum absolute atomic E-state index is 0.0891. The van der Waals surface area contributed by atoms with Gasteiger partial charge in [-0.25, -0.2) is 4.98 Å². The van der Waals surface area contributed by atoms with Crippen molar-refractivity contribution in [2.45, 2.75) is 6.92 Å². The molecule has 8 nitrogen and oxygen atoms in total. The van der Waals surface area contributed by atoms with Crippen molar-refractivity contribution in [3.63, 3.8) is 0 Å². The smallest absolute Gasteiger partial charge is 0.302 e. The molecule has 1 aliphatic heterocycles. The van der Waals surface area contributed by atoms with Crippen LogP contribution >= 0.6 is 0 Å². The van der Waals surface area contributed by atoms with Gasteiger partial charge in [-0.05, 0) is 12.1 Å². The monoisotopic (exact) mass is 327 g/mol. The van der Waals surface area contributed by atoms with Gasteiger partial charge in [0.15, 0.2) is 0 Å². The molecule has 1 saturated heterocycles. The maximum Gasteiger partial charge on any atom is 0.302 e. The van der Waals surface area contributed by atoms with Crippen LogP contribution in [0.25, 0.3) is 0 Å². The molecule has 2 rings (SSSR count). The number of amides is 1. The van der Waals surface area contributed by atoms with Gasteiger partial charge in [0, 0.05) is 47.2 Å². The quantitative estimate of drug-likeness (QED) is 0.839. The molecule has 0 atom stereocenters. The Balaban J connectivity index is 2.00. The van der Waals surface area contributed by atoms with Gasteiger partial charge in [0.25, 0.3) is 0 Å². The van der Waals surface area contributed by atoms with Crippen LogP contribution < -0.4 is 9.62 Å². The highest BCUT2D eigenvalue weighted by Crippen LogP contribution is 2.18. The summed E-state index contributed by atoms with van der Waals surface area (Å²) in [4.78, 5) is 19.4. The van der Waals surface area contributed by atoms with E-state index in [0.717, 1.165) is 23.1 Å². The van der Waals surface area contributed by atoms with E-state index in [9.17, 15) is 13.2 Å². The number of rotatable bonds is 4. The van der Waals surface area contributed by atoms with Crippen LogP contribution in [-0.4, -0.2) is 68.8 Å². The summed E-state index contributed by atoms with van der Waals surface area (Å²) >= 11 is 0. The fraction of sp³-hybridized carbons (Fsp3) is 0.538. The third kappa shape index (κ3) is 3.86. The van der Waals surface area contributed by atoms with Crippen LogP contribution in [0.4, 0.5) is 11.5 Å². The lowest BCUT2D eigenvalue weighted by Gasteiger charge is -2.35. The van der Waals surface area contributed by atoms with Crippen LogP contribution in [0.5, 0.6) is 0 Å². The summed E-state index contributed by atoms with van der Waals surface area (Å²) in [5.41, 5.74) is 0.913. The highest BCUT2D eigenvalue weighted by Gasteiger charge is 2.19. The molecule has 1 aromatic rings. The van der Waals surface area contributed by atoms with E-state index in [1.165, 1.54) is 14.1 Å². The molecule has 1 aromatic heterocycles. The summed E-state index contributed by atoms with van der Waals surface area (Å²) in [6.45, 7) is 4.42. The Morgan fingerprint density at radius 2 is 1.86 bits per heavy atom. The number of anilines is 2. The van der Waals surface area contributed by atoms with E-state index in [-0.39, 0.29) is 11.7 Å². The minimum Gasteiger partial charge on any atom is -0.367 e. The largest absolute Gasteiger partial charge is 0.367 e. The fourth-order valence-electron chi connectivity index (χ4n) is 2.14. The van der Waals surface area contributed by atoms with Gasteiger partial charge >= 0.3 is 10.2 Å². The average molecular weight is 327 g/mol. The Labute approximate surface area is 130 Å². The van der Waals surface area contributed by atoms with Crippen molar-refractivity contribution in [2.24, 2.45) is 0 Å². The van der Waals surface area contributed by atoms with Crippen LogP contribution in [0, 0.1) is 0 Å². The van der Waals surface area contributed by atoms with Crippen molar-refractivity contribution >= 4 is 27.6 Å². The molecule has 0 aliphatic carbocycles. The van der Waals surface area contributed by atoms with Gasteiger partial charge in [0.1, 0.15) is 5.82 Å². The first-order chi connectivity index (χ1) is 10.3. The van der Waals surface area contributed by atoms with E-state index >= 15 is 0 Å². The van der Waals surface area contributed by atoms with Gasteiger partial charge in [0.05, 0.1) is 11.9 Å². The number of carbonyl (C=O) groups is 1. The number of nitrogens with one attached hydrogen (secondary N) is 1. The zero-order chi connectivity index (χ0) is 16.3. The number of hydrogen-bond donors (Lipinski definition) is 1. The van der Waals surface area contributed by atoms with E-state index in [2.05, 4.69) is 14.6 Å². The Bertz CT molecular complexity index is 622. The molecule has 0 radical (unpaired) electrons. The zero-order valence-electron chi connectivity index (χ0n) is 13.0. The zero-order valence-corrected chi connectivity index (χ0v) is 13.8. The van der Waals surface area contributed by atoms with E-state index in [1.807, 2.05) is 11.0 Å². The summed E-state index contributed by atoms with van der Waals surface area (Å²) in [6, 6.07) is 3.46. The van der Waals surface area contributed by atoms with Gasteiger partial charge in [-0.2, -0.15) is 12.7 Å². The van der Waals surface area contributed by atoms with Crippen molar-refractivity contribution in [3.8, 4) is 0 Å². The van der Waals surface area contributed by atoms with Crippen molar-refractivity contribution in [1.29, 1.82) is 0 Å². The van der Waals surface area contributed by atoms with E-state index < -0.39 is 10.2 Å². The van der Waals surface area contributed by atoms with Crippen molar-refractivity contribution in [3.05, 3.63) is 18.3 Å². The normalized spacial score (nSPS) is 16.0. The van der Waals surface area contributed by atoms with E-state index in [4.69, 9.17) is 0 Å². The molecular weight excluding hydrogens is 306 g/mol. The molecule has 9 heteroatoms. The van der Waals surface area contributed by atoms with Crippen LogP contribution in [-0.2, 0) is 15.0 Å². The standard InChI is InChI=1S/C13H21N5O3S/c1-11(19)17-6-8-18(9-7-17)12-4-5-13(14-10-12)15-22(20,21)16(2)3/h4-5,10H,6-9H2,1-3H3,(H,14,15). The van der Waals surface area contributed by atoms with Crippen LogP contribution in [0.15, 0.2) is 18.3 Å². The minimum atomic E-state index is -3.54. The Morgan fingerprint density at radius 3 is 2.32 bits per heavy atom. The number of carbonyl (C=O) groups excluding carboxylic acids is 1. The summed E-state index contributed by atoms with van der Waals surface area (Å²) in [5.74, 6) is 0.367. The molecule has 1 aliphatic rings. The van der Waals surface area contributed by atoms with Gasteiger partial charge in [-0.15, -0.1) is 0 Å². The molecule has 122 valence electrons. The summed E-state index contributed by atoms with van der Waals surface area (Å²) in [7, 11) is -0.643. The molecular formula is C13H21N5O3S. The highest BCUT2D eigenvalue weighted by molar-refractivity contribution is 7.90. The first-order valence-electron chi connectivity index (χ1n) is 6.96. The molecule has 2 heterocycles. The number of aromatic nitrogens is 1. The lowest BCUT2D eigenvalue weighted by Crippen LogP contribution is -2.48. The van der Waals surface area contributed by atoms with Gasteiger partial charge in [-0.1, -0.05) is 0 Å². The molecule has 1 amide bonds. The SMILES string of the molecule is CC(=O)N1CCN(c2ccc(NS(=O)(=O)N(C)C)nc2)CC1. The van der Waals surface area contributed by atoms with E-state index in [1.54, 1.807) is 19.2 Å². The van der Waals surface area contributed by atoms with Gasteiger partial charge in [-0.3, -0.25) is 9.52 Å². The summed E-state index contributed by atoms with van der Waals surface area (Å²) < 4.78 is 26.9. The van der Waals surface area contributed by atoms with Crippen molar-refractivity contribution < 1.29 is 13.2 Å². The van der Waals surface area contributed by atoms with Crippen LogP contribution in [0.1, 0.15) is 6.92 Å². The lowest BCUT2D eigenvalue weighted by atomic mass is 10.2. The summed E-state index contributed by atoms with van der Waals surface area (Å²) in [6.07, 6.45) is 1.64. The second-order valence-electron chi connectivity index (χ2n) is 5.28. The number of nitrogens with zero attached hydrogens (tertiary/aromatic N) is 4.